The lowest BCUT2D eigenvalue weighted by atomic mass is 9.98. The predicted octanol–water partition coefficient (Wildman–Crippen LogP) is 1.17. The number of nitrogens with two attached hydrogens (primary N) is 1. The summed E-state index contributed by atoms with van der Waals surface area (Å²) < 4.78 is 0. The van der Waals surface area contributed by atoms with Gasteiger partial charge in [0.05, 0.1) is 6.04 Å². The summed E-state index contributed by atoms with van der Waals surface area (Å²) in [6, 6.07) is 0.503. The Morgan fingerprint density at radius 2 is 2.12 bits per heavy atom. The first-order chi connectivity index (χ1) is 7.04. The molecule has 6 heteroatoms. The molecule has 2 unspecified atom stereocenters. The quantitative estimate of drug-likeness (QED) is 0.818. The Morgan fingerprint density at radius 3 is 2.59 bits per heavy atom. The second-order valence-corrected chi connectivity index (χ2v) is 4.57. The lowest BCUT2D eigenvalue weighted by Crippen LogP contribution is -2.51. The Bertz CT molecular complexity index is 229. The fourth-order valence-corrected chi connectivity index (χ4v) is 1.91. The molecular formula is C11H25Cl2N3O. The highest BCUT2D eigenvalue weighted by atomic mass is 35.5. The van der Waals surface area contributed by atoms with E-state index in [4.69, 9.17) is 5.73 Å². The summed E-state index contributed by atoms with van der Waals surface area (Å²) in [6.45, 7) is 5.17. The van der Waals surface area contributed by atoms with Crippen molar-refractivity contribution in [3.63, 3.8) is 0 Å². The fourth-order valence-electron chi connectivity index (χ4n) is 1.91. The number of nitrogens with one attached hydrogen (secondary N) is 1. The normalized spacial score (nSPS) is 26.4. The minimum atomic E-state index is -0.347. The number of hydrogen-bond acceptors (Lipinski definition) is 3. The fraction of sp³-hybridized carbons (Fsp3) is 0.909. The smallest absolute Gasteiger partial charge is 0.237 e. The van der Waals surface area contributed by atoms with Crippen LogP contribution in [0.5, 0.6) is 0 Å². The Labute approximate surface area is 117 Å². The minimum absolute atomic E-state index is 0. The molecule has 17 heavy (non-hydrogen) atoms. The van der Waals surface area contributed by atoms with E-state index in [-0.39, 0.29) is 36.8 Å². The third kappa shape index (κ3) is 5.91. The van der Waals surface area contributed by atoms with E-state index in [1.807, 2.05) is 6.92 Å². The number of halogens is 2. The number of likely N-dealkylation sites (tertiary alicyclic amines) is 1. The number of carbonyl (C=O) groups is 1. The van der Waals surface area contributed by atoms with Gasteiger partial charge in [0.1, 0.15) is 0 Å². The number of amides is 1. The van der Waals surface area contributed by atoms with Gasteiger partial charge in [0.25, 0.3) is 0 Å². The molecule has 0 aromatic rings. The van der Waals surface area contributed by atoms with Crippen molar-refractivity contribution in [1.29, 1.82) is 0 Å². The van der Waals surface area contributed by atoms with Crippen LogP contribution in [-0.4, -0.2) is 42.5 Å². The molecule has 1 aliphatic rings. The van der Waals surface area contributed by atoms with Crippen molar-refractivity contribution in [3.8, 4) is 0 Å². The van der Waals surface area contributed by atoms with E-state index in [1.165, 1.54) is 0 Å². The molecule has 0 aliphatic carbocycles. The molecule has 3 atom stereocenters. The van der Waals surface area contributed by atoms with Crippen molar-refractivity contribution >= 4 is 30.7 Å². The first-order valence-corrected chi connectivity index (χ1v) is 5.80. The van der Waals surface area contributed by atoms with Crippen LogP contribution in [0.2, 0.25) is 0 Å². The maximum absolute atomic E-state index is 11.6. The second-order valence-electron chi connectivity index (χ2n) is 4.57. The average molecular weight is 286 g/mol. The van der Waals surface area contributed by atoms with Crippen molar-refractivity contribution in [2.24, 2.45) is 5.73 Å². The van der Waals surface area contributed by atoms with Crippen LogP contribution < -0.4 is 11.1 Å². The summed E-state index contributed by atoms with van der Waals surface area (Å²) in [4.78, 5) is 13.9. The third-order valence-electron chi connectivity index (χ3n) is 3.33. The van der Waals surface area contributed by atoms with Crippen molar-refractivity contribution in [2.75, 3.05) is 13.6 Å². The molecule has 0 aromatic heterocycles. The Balaban J connectivity index is 0. The highest BCUT2D eigenvalue weighted by Crippen LogP contribution is 2.15. The van der Waals surface area contributed by atoms with E-state index in [1.54, 1.807) is 0 Å². The summed E-state index contributed by atoms with van der Waals surface area (Å²) in [5, 5.41) is 3.03. The van der Waals surface area contributed by atoms with Gasteiger partial charge in [-0.3, -0.25) is 4.79 Å². The number of nitrogens with zero attached hydrogens (tertiary/aromatic N) is 1. The zero-order valence-electron chi connectivity index (χ0n) is 10.8. The van der Waals surface area contributed by atoms with Gasteiger partial charge in [-0.05, 0) is 33.2 Å². The molecule has 1 heterocycles. The van der Waals surface area contributed by atoms with E-state index in [2.05, 4.69) is 24.2 Å². The van der Waals surface area contributed by atoms with Crippen LogP contribution in [0, 0.1) is 0 Å². The molecule has 0 saturated carbocycles. The molecule has 1 saturated heterocycles. The molecule has 0 bridgehead atoms. The van der Waals surface area contributed by atoms with Gasteiger partial charge in [0, 0.05) is 18.6 Å². The van der Waals surface area contributed by atoms with Gasteiger partial charge in [-0.15, -0.1) is 24.8 Å². The van der Waals surface area contributed by atoms with Crippen LogP contribution in [0.15, 0.2) is 0 Å². The van der Waals surface area contributed by atoms with Crippen LogP contribution >= 0.6 is 24.8 Å². The summed E-state index contributed by atoms with van der Waals surface area (Å²) in [6.07, 6.45) is 2.76. The van der Waals surface area contributed by atoms with Crippen molar-refractivity contribution in [2.45, 2.75) is 51.2 Å². The molecule has 4 nitrogen and oxygen atoms in total. The number of hydrogen-bond donors (Lipinski definition) is 2. The Hall–Kier alpha value is -0.0300. The summed E-state index contributed by atoms with van der Waals surface area (Å²) in [5.41, 5.74) is 5.67. The number of rotatable bonds is 3. The first kappa shape index (κ1) is 19.3. The molecule has 1 fully saturated rings. The van der Waals surface area contributed by atoms with Gasteiger partial charge in [0.15, 0.2) is 0 Å². The van der Waals surface area contributed by atoms with E-state index in [9.17, 15) is 4.79 Å². The van der Waals surface area contributed by atoms with E-state index < -0.39 is 0 Å². The number of piperidine rings is 1. The molecule has 1 amide bonds. The zero-order valence-corrected chi connectivity index (χ0v) is 12.4. The monoisotopic (exact) mass is 285 g/mol. The van der Waals surface area contributed by atoms with Crippen LogP contribution in [0.1, 0.15) is 33.1 Å². The summed E-state index contributed by atoms with van der Waals surface area (Å²) in [7, 11) is 2.13. The van der Waals surface area contributed by atoms with Crippen LogP contribution in [0.25, 0.3) is 0 Å². The van der Waals surface area contributed by atoms with Crippen LogP contribution in [0.3, 0.4) is 0 Å². The molecule has 1 rings (SSSR count). The molecule has 3 N–H and O–H groups in total. The lowest BCUT2D eigenvalue weighted by Gasteiger charge is -2.35. The van der Waals surface area contributed by atoms with Crippen LogP contribution in [0.4, 0.5) is 0 Å². The topological polar surface area (TPSA) is 58.4 Å². The van der Waals surface area contributed by atoms with Crippen LogP contribution in [-0.2, 0) is 4.79 Å². The highest BCUT2D eigenvalue weighted by Gasteiger charge is 2.24. The lowest BCUT2D eigenvalue weighted by molar-refractivity contribution is -0.123. The first-order valence-electron chi connectivity index (χ1n) is 5.80. The van der Waals surface area contributed by atoms with Crippen molar-refractivity contribution in [3.05, 3.63) is 0 Å². The SMILES string of the molecule is CC[C@H](N)C(=O)NC1CCN(C)C(C)C1.Cl.Cl. The zero-order chi connectivity index (χ0) is 11.4. The molecule has 104 valence electrons. The Kier molecular flexibility index (Phi) is 10.2. The largest absolute Gasteiger partial charge is 0.352 e. The molecule has 0 spiro atoms. The molecule has 0 aromatic carbocycles. The van der Waals surface area contributed by atoms with Gasteiger partial charge in [0.2, 0.25) is 5.91 Å². The average Bonchev–Trinajstić information content (AvgIpc) is 2.22. The van der Waals surface area contributed by atoms with Gasteiger partial charge >= 0.3 is 0 Å². The van der Waals surface area contributed by atoms with Crippen molar-refractivity contribution < 1.29 is 4.79 Å². The summed E-state index contributed by atoms with van der Waals surface area (Å²) in [5.74, 6) is -0.000692. The predicted molar refractivity (Wildman–Crippen MR) is 76.0 cm³/mol. The van der Waals surface area contributed by atoms with Crippen molar-refractivity contribution in [1.82, 2.24) is 10.2 Å². The van der Waals surface area contributed by atoms with E-state index >= 15 is 0 Å². The minimum Gasteiger partial charge on any atom is -0.352 e. The molecular weight excluding hydrogens is 261 g/mol. The van der Waals surface area contributed by atoms with E-state index in [0.29, 0.717) is 18.5 Å². The van der Waals surface area contributed by atoms with Gasteiger partial charge < -0.3 is 16.0 Å². The molecule has 0 radical (unpaired) electrons. The summed E-state index contributed by atoms with van der Waals surface area (Å²) >= 11 is 0. The standard InChI is InChI=1S/C11H23N3O.2ClH/c1-4-10(12)11(15)13-9-5-6-14(3)8(2)7-9;;/h8-10H,4-7,12H2,1-3H3,(H,13,15);2*1H/t8?,9?,10-;;/m0../s1. The highest BCUT2D eigenvalue weighted by molar-refractivity contribution is 5.85. The van der Waals surface area contributed by atoms with E-state index in [0.717, 1.165) is 19.4 Å². The Morgan fingerprint density at radius 1 is 1.53 bits per heavy atom. The van der Waals surface area contributed by atoms with Gasteiger partial charge in [-0.1, -0.05) is 6.92 Å². The maximum atomic E-state index is 11.6. The maximum Gasteiger partial charge on any atom is 0.237 e. The molecule has 1 aliphatic heterocycles. The van der Waals surface area contributed by atoms with Gasteiger partial charge in [-0.2, -0.15) is 0 Å². The number of carbonyl (C=O) groups excluding carboxylic acids is 1. The second kappa shape index (κ2) is 8.97. The van der Waals surface area contributed by atoms with Gasteiger partial charge in [-0.25, -0.2) is 0 Å². The third-order valence-corrected chi connectivity index (χ3v) is 3.33.